The van der Waals surface area contributed by atoms with Crippen LogP contribution < -0.4 is 5.73 Å². The van der Waals surface area contributed by atoms with Crippen LogP contribution in [0.15, 0.2) is 34.8 Å². The molecule has 0 aliphatic rings. The van der Waals surface area contributed by atoms with Crippen LogP contribution in [0.3, 0.4) is 0 Å². The summed E-state index contributed by atoms with van der Waals surface area (Å²) in [6.07, 6.45) is 0. The maximum absolute atomic E-state index is 13.7. The van der Waals surface area contributed by atoms with Gasteiger partial charge in [-0.15, -0.1) is 11.3 Å². The Kier molecular flexibility index (Phi) is 3.42. The molecule has 4 heteroatoms. The summed E-state index contributed by atoms with van der Waals surface area (Å²) in [7, 11) is 0. The Morgan fingerprint density at radius 3 is 2.62 bits per heavy atom. The zero-order chi connectivity index (χ0) is 11.7. The summed E-state index contributed by atoms with van der Waals surface area (Å²) >= 11 is 4.93. The lowest BCUT2D eigenvalue weighted by Gasteiger charge is -2.13. The van der Waals surface area contributed by atoms with Gasteiger partial charge >= 0.3 is 0 Å². The first-order valence-electron chi connectivity index (χ1n) is 4.85. The van der Waals surface area contributed by atoms with Crippen molar-refractivity contribution in [2.75, 3.05) is 0 Å². The van der Waals surface area contributed by atoms with Crippen LogP contribution in [-0.4, -0.2) is 0 Å². The number of rotatable bonds is 2. The first-order valence-corrected chi connectivity index (χ1v) is 6.46. The Labute approximate surface area is 106 Å². The van der Waals surface area contributed by atoms with E-state index < -0.39 is 6.04 Å². The minimum Gasteiger partial charge on any atom is -0.319 e. The fraction of sp³-hybridized carbons (Fsp3) is 0.167. The van der Waals surface area contributed by atoms with Crippen molar-refractivity contribution in [3.8, 4) is 0 Å². The predicted molar refractivity (Wildman–Crippen MR) is 69.2 cm³/mol. The van der Waals surface area contributed by atoms with E-state index in [4.69, 9.17) is 5.73 Å². The van der Waals surface area contributed by atoms with E-state index in [0.717, 1.165) is 4.88 Å². The van der Waals surface area contributed by atoms with E-state index in [1.807, 2.05) is 19.1 Å². The molecule has 0 aliphatic heterocycles. The number of aryl methyl sites for hydroxylation is 1. The second-order valence-corrected chi connectivity index (χ2v) is 5.74. The summed E-state index contributed by atoms with van der Waals surface area (Å²) in [6, 6.07) is 8.43. The summed E-state index contributed by atoms with van der Waals surface area (Å²) in [6.45, 7) is 2.01. The standard InChI is InChI=1S/C12H11BrFNS/c1-7-5-6-10(16-7)12(15)11-8(13)3-2-4-9(11)14/h2-6,12H,15H2,1H3. The quantitative estimate of drug-likeness (QED) is 0.891. The minimum atomic E-state index is -0.408. The summed E-state index contributed by atoms with van der Waals surface area (Å²) in [5.41, 5.74) is 6.59. The summed E-state index contributed by atoms with van der Waals surface area (Å²) in [4.78, 5) is 2.15. The fourth-order valence-corrected chi connectivity index (χ4v) is 3.05. The molecule has 84 valence electrons. The summed E-state index contributed by atoms with van der Waals surface area (Å²) in [5, 5.41) is 0. The highest BCUT2D eigenvalue weighted by Crippen LogP contribution is 2.32. The summed E-state index contributed by atoms with van der Waals surface area (Å²) in [5.74, 6) is -0.270. The van der Waals surface area contributed by atoms with Gasteiger partial charge in [-0.1, -0.05) is 22.0 Å². The van der Waals surface area contributed by atoms with E-state index in [0.29, 0.717) is 10.0 Å². The van der Waals surface area contributed by atoms with Crippen molar-refractivity contribution >= 4 is 27.3 Å². The van der Waals surface area contributed by atoms with Crippen LogP contribution in [0.25, 0.3) is 0 Å². The number of hydrogen-bond acceptors (Lipinski definition) is 2. The molecule has 16 heavy (non-hydrogen) atoms. The minimum absolute atomic E-state index is 0.270. The van der Waals surface area contributed by atoms with Crippen LogP contribution in [0, 0.1) is 12.7 Å². The Balaban J connectivity index is 2.45. The summed E-state index contributed by atoms with van der Waals surface area (Å²) < 4.78 is 14.4. The Morgan fingerprint density at radius 1 is 1.31 bits per heavy atom. The third-order valence-corrected chi connectivity index (χ3v) is 4.15. The van der Waals surface area contributed by atoms with Gasteiger partial charge in [0.25, 0.3) is 0 Å². The van der Waals surface area contributed by atoms with Gasteiger partial charge in [0.15, 0.2) is 0 Å². The van der Waals surface area contributed by atoms with Gasteiger partial charge in [0.2, 0.25) is 0 Å². The van der Waals surface area contributed by atoms with E-state index in [1.54, 1.807) is 23.5 Å². The van der Waals surface area contributed by atoms with Gasteiger partial charge < -0.3 is 5.73 Å². The molecule has 0 bridgehead atoms. The highest BCUT2D eigenvalue weighted by atomic mass is 79.9. The van der Waals surface area contributed by atoms with Crippen molar-refractivity contribution in [3.05, 3.63) is 55.9 Å². The van der Waals surface area contributed by atoms with Crippen LogP contribution in [0.5, 0.6) is 0 Å². The molecule has 1 aromatic carbocycles. The van der Waals surface area contributed by atoms with E-state index in [-0.39, 0.29) is 5.82 Å². The second-order valence-electron chi connectivity index (χ2n) is 3.56. The molecule has 0 aliphatic carbocycles. The van der Waals surface area contributed by atoms with Crippen LogP contribution in [0.2, 0.25) is 0 Å². The van der Waals surface area contributed by atoms with Crippen LogP contribution in [0.1, 0.15) is 21.4 Å². The Bertz CT molecular complexity index is 489. The van der Waals surface area contributed by atoms with Gasteiger partial charge in [-0.25, -0.2) is 4.39 Å². The van der Waals surface area contributed by atoms with E-state index in [2.05, 4.69) is 15.9 Å². The number of halogens is 2. The molecule has 1 aromatic heterocycles. The van der Waals surface area contributed by atoms with Crippen molar-refractivity contribution in [2.45, 2.75) is 13.0 Å². The lowest BCUT2D eigenvalue weighted by molar-refractivity contribution is 0.599. The van der Waals surface area contributed by atoms with Crippen molar-refractivity contribution in [1.82, 2.24) is 0 Å². The lowest BCUT2D eigenvalue weighted by atomic mass is 10.1. The average molecular weight is 300 g/mol. The molecule has 1 atom stereocenters. The van der Waals surface area contributed by atoms with Gasteiger partial charge in [-0.2, -0.15) is 0 Å². The molecule has 0 spiro atoms. The first kappa shape index (κ1) is 11.8. The zero-order valence-electron chi connectivity index (χ0n) is 8.71. The topological polar surface area (TPSA) is 26.0 Å². The van der Waals surface area contributed by atoms with Gasteiger partial charge in [0, 0.05) is 19.8 Å². The predicted octanol–water partition coefficient (Wildman–Crippen LogP) is 4.01. The monoisotopic (exact) mass is 299 g/mol. The third-order valence-electron chi connectivity index (χ3n) is 2.38. The van der Waals surface area contributed by atoms with Crippen LogP contribution >= 0.6 is 27.3 Å². The zero-order valence-corrected chi connectivity index (χ0v) is 11.1. The highest BCUT2D eigenvalue weighted by Gasteiger charge is 2.17. The molecule has 0 fully saturated rings. The SMILES string of the molecule is Cc1ccc(C(N)c2c(F)cccc2Br)s1. The molecule has 1 nitrogen and oxygen atoms in total. The molecule has 0 saturated carbocycles. The molecule has 0 saturated heterocycles. The number of benzene rings is 1. The van der Waals surface area contributed by atoms with Crippen molar-refractivity contribution < 1.29 is 4.39 Å². The Morgan fingerprint density at radius 2 is 2.06 bits per heavy atom. The first-order chi connectivity index (χ1) is 7.59. The van der Waals surface area contributed by atoms with Crippen LogP contribution in [0.4, 0.5) is 4.39 Å². The number of nitrogens with two attached hydrogens (primary N) is 1. The van der Waals surface area contributed by atoms with Gasteiger partial charge in [0.05, 0.1) is 6.04 Å². The van der Waals surface area contributed by atoms with Crippen molar-refractivity contribution in [3.63, 3.8) is 0 Å². The number of hydrogen-bond donors (Lipinski definition) is 1. The molecular formula is C12H11BrFNS. The maximum atomic E-state index is 13.7. The highest BCUT2D eigenvalue weighted by molar-refractivity contribution is 9.10. The van der Waals surface area contributed by atoms with Crippen molar-refractivity contribution in [2.24, 2.45) is 5.73 Å². The Hall–Kier alpha value is -0.710. The molecule has 2 aromatic rings. The van der Waals surface area contributed by atoms with Crippen LogP contribution in [-0.2, 0) is 0 Å². The molecule has 2 rings (SSSR count). The smallest absolute Gasteiger partial charge is 0.129 e. The van der Waals surface area contributed by atoms with Gasteiger partial charge in [0.1, 0.15) is 5.82 Å². The molecule has 0 amide bonds. The fourth-order valence-electron chi connectivity index (χ4n) is 1.57. The normalized spacial score (nSPS) is 12.8. The molecular weight excluding hydrogens is 289 g/mol. The second kappa shape index (κ2) is 4.65. The van der Waals surface area contributed by atoms with E-state index >= 15 is 0 Å². The van der Waals surface area contributed by atoms with Gasteiger partial charge in [-0.3, -0.25) is 0 Å². The average Bonchev–Trinajstić information content (AvgIpc) is 2.64. The van der Waals surface area contributed by atoms with E-state index in [1.165, 1.54) is 10.9 Å². The number of thiophene rings is 1. The maximum Gasteiger partial charge on any atom is 0.129 e. The van der Waals surface area contributed by atoms with Gasteiger partial charge in [-0.05, 0) is 31.2 Å². The third kappa shape index (κ3) is 2.19. The van der Waals surface area contributed by atoms with E-state index in [9.17, 15) is 4.39 Å². The molecule has 2 N–H and O–H groups in total. The lowest BCUT2D eigenvalue weighted by Crippen LogP contribution is -2.12. The molecule has 1 heterocycles. The largest absolute Gasteiger partial charge is 0.319 e. The van der Waals surface area contributed by atoms with Crippen molar-refractivity contribution in [1.29, 1.82) is 0 Å². The molecule has 1 unspecified atom stereocenters. The molecule has 0 radical (unpaired) electrons.